The van der Waals surface area contributed by atoms with Crippen LogP contribution in [0.15, 0.2) is 88.3 Å². The number of rotatable bonds is 7. The van der Waals surface area contributed by atoms with Crippen molar-refractivity contribution < 1.29 is 9.21 Å². The molecule has 3 aromatic heterocycles. The molecule has 42 heavy (non-hydrogen) atoms. The van der Waals surface area contributed by atoms with Crippen LogP contribution in [0.25, 0.3) is 27.6 Å². The van der Waals surface area contributed by atoms with E-state index in [-0.39, 0.29) is 35.6 Å². The molecule has 0 atom stereocenters. The molecule has 0 unspecified atom stereocenters. The van der Waals surface area contributed by atoms with Gasteiger partial charge in [0, 0.05) is 23.9 Å². The molecule has 6 rings (SSSR count). The van der Waals surface area contributed by atoms with E-state index in [0.29, 0.717) is 39.1 Å². The zero-order valence-electron chi connectivity index (χ0n) is 22.8. The Morgan fingerprint density at radius 2 is 1.86 bits per heavy atom. The summed E-state index contributed by atoms with van der Waals surface area (Å²) in [6.07, 6.45) is 1.32. The van der Waals surface area contributed by atoms with E-state index in [9.17, 15) is 9.59 Å². The Bertz CT molecular complexity index is 2060. The number of nitrogens with zero attached hydrogens (tertiary/aromatic N) is 4. The molecule has 0 aliphatic rings. The van der Waals surface area contributed by atoms with Gasteiger partial charge in [0.15, 0.2) is 5.58 Å². The lowest BCUT2D eigenvalue weighted by atomic mass is 10.0. The number of nitrogen functional groups attached to an aromatic ring is 1. The van der Waals surface area contributed by atoms with Crippen LogP contribution in [-0.4, -0.2) is 31.1 Å². The fourth-order valence-corrected chi connectivity index (χ4v) is 4.96. The summed E-state index contributed by atoms with van der Waals surface area (Å²) in [7, 11) is 0. The van der Waals surface area contributed by atoms with E-state index in [4.69, 9.17) is 15.6 Å². The third-order valence-electron chi connectivity index (χ3n) is 6.87. The Morgan fingerprint density at radius 1 is 1.05 bits per heavy atom. The number of pyridine rings is 1. The number of fused-ring (bicyclic) bond motifs is 2. The van der Waals surface area contributed by atoms with Crippen LogP contribution >= 0.6 is 0 Å². The van der Waals surface area contributed by atoms with Crippen LogP contribution < -0.4 is 21.9 Å². The normalized spacial score (nSPS) is 11.1. The molecular weight excluding hydrogens is 532 g/mol. The quantitative estimate of drug-likeness (QED) is 0.203. The predicted molar refractivity (Wildman–Crippen MR) is 162 cm³/mol. The molecule has 0 fully saturated rings. The Hall–Kier alpha value is -5.84. The minimum atomic E-state index is -0.307. The summed E-state index contributed by atoms with van der Waals surface area (Å²) >= 11 is 0. The highest BCUT2D eigenvalue weighted by Crippen LogP contribution is 2.26. The molecule has 1 amide bonds. The number of oxazole rings is 1. The summed E-state index contributed by atoms with van der Waals surface area (Å²) in [5.74, 6) is 0.142. The average molecular weight is 559 g/mol. The summed E-state index contributed by atoms with van der Waals surface area (Å²) < 4.78 is 7.31. The number of hydrogen-bond acceptors (Lipinski definition) is 9. The Morgan fingerprint density at radius 3 is 2.64 bits per heavy atom. The topological polar surface area (TPSA) is 165 Å². The maximum absolute atomic E-state index is 13.8. The summed E-state index contributed by atoms with van der Waals surface area (Å²) in [5, 5.41) is 16.3. The van der Waals surface area contributed by atoms with Crippen LogP contribution in [-0.2, 0) is 11.3 Å². The molecule has 0 aliphatic carbocycles. The molecule has 3 aromatic carbocycles. The van der Waals surface area contributed by atoms with Crippen molar-refractivity contribution in [1.82, 2.24) is 19.5 Å². The summed E-state index contributed by atoms with van der Waals surface area (Å²) in [5.41, 5.74) is 10.2. The molecule has 11 nitrogen and oxygen atoms in total. The Labute approximate surface area is 239 Å². The van der Waals surface area contributed by atoms with E-state index in [1.165, 1.54) is 13.3 Å². The van der Waals surface area contributed by atoms with Crippen molar-refractivity contribution in [2.75, 3.05) is 16.4 Å². The molecule has 6 aromatic rings. The van der Waals surface area contributed by atoms with Crippen LogP contribution in [0, 0.1) is 12.3 Å². The van der Waals surface area contributed by atoms with E-state index in [0.717, 1.165) is 16.6 Å². The van der Waals surface area contributed by atoms with Gasteiger partial charge in [-0.05, 0) is 48.2 Å². The third kappa shape index (κ3) is 4.83. The lowest BCUT2D eigenvalue weighted by molar-refractivity contribution is -0.114. The Kier molecular flexibility index (Phi) is 6.67. The summed E-state index contributed by atoms with van der Waals surface area (Å²) in [6, 6.07) is 22.3. The number of aryl methyl sites for hydroxylation is 1. The van der Waals surface area contributed by atoms with Crippen LogP contribution in [0.1, 0.15) is 29.3 Å². The summed E-state index contributed by atoms with van der Waals surface area (Å²) in [4.78, 5) is 37.9. The van der Waals surface area contributed by atoms with Gasteiger partial charge in [-0.15, -0.1) is 0 Å². The minimum Gasteiger partial charge on any atom is -0.423 e. The van der Waals surface area contributed by atoms with E-state index >= 15 is 0 Å². The van der Waals surface area contributed by atoms with Crippen molar-refractivity contribution in [2.45, 2.75) is 20.4 Å². The molecule has 3 heterocycles. The van der Waals surface area contributed by atoms with Crippen molar-refractivity contribution >= 4 is 51.1 Å². The number of para-hydroxylation sites is 1. The van der Waals surface area contributed by atoms with E-state index < -0.39 is 0 Å². The summed E-state index contributed by atoms with van der Waals surface area (Å²) in [6.45, 7) is 3.50. The fourth-order valence-electron chi connectivity index (χ4n) is 4.96. The van der Waals surface area contributed by atoms with Crippen molar-refractivity contribution in [3.05, 3.63) is 112 Å². The van der Waals surface area contributed by atoms with Gasteiger partial charge in [-0.3, -0.25) is 24.9 Å². The standard InChI is InChI=1S/C31H26N8O3/c1-17-7-6-8-19-13-22(39(30(41)25(17)19)21-9-4-3-5-10-21)15-34-29-26(28(33)35-16-36-29)27(32)20-11-12-23-24(14-20)42-31(38-23)37-18(2)40/h3-14,16,32H,15H2,1-2H3,(H,37,38,40)(H3,33,34,35,36). The molecule has 0 bridgehead atoms. The third-order valence-corrected chi connectivity index (χ3v) is 6.87. The number of anilines is 3. The van der Waals surface area contributed by atoms with E-state index in [1.54, 1.807) is 22.8 Å². The van der Waals surface area contributed by atoms with Gasteiger partial charge in [0.1, 0.15) is 23.5 Å². The molecule has 0 radical (unpaired) electrons. The molecule has 0 saturated carbocycles. The first-order valence-electron chi connectivity index (χ1n) is 13.1. The highest BCUT2D eigenvalue weighted by Gasteiger charge is 2.19. The molecule has 0 aliphatic heterocycles. The van der Waals surface area contributed by atoms with Crippen LogP contribution in [0.4, 0.5) is 17.7 Å². The molecule has 0 spiro atoms. The van der Waals surface area contributed by atoms with Gasteiger partial charge in [0.2, 0.25) is 5.91 Å². The highest BCUT2D eigenvalue weighted by molar-refractivity contribution is 6.17. The number of nitrogens with two attached hydrogens (primary N) is 1. The van der Waals surface area contributed by atoms with Gasteiger partial charge >= 0.3 is 6.01 Å². The number of aromatic nitrogens is 4. The lowest BCUT2D eigenvalue weighted by Crippen LogP contribution is -2.24. The maximum atomic E-state index is 13.8. The second-order valence-electron chi connectivity index (χ2n) is 9.74. The zero-order chi connectivity index (χ0) is 29.4. The number of carbonyl (C=O) groups is 1. The van der Waals surface area contributed by atoms with Crippen molar-refractivity contribution in [3.63, 3.8) is 0 Å². The largest absolute Gasteiger partial charge is 0.423 e. The second kappa shape index (κ2) is 10.6. The zero-order valence-corrected chi connectivity index (χ0v) is 22.8. The van der Waals surface area contributed by atoms with Crippen molar-refractivity contribution in [2.24, 2.45) is 0 Å². The van der Waals surface area contributed by atoms with Crippen LogP contribution in [0.2, 0.25) is 0 Å². The molecule has 208 valence electrons. The van der Waals surface area contributed by atoms with Crippen LogP contribution in [0.3, 0.4) is 0 Å². The van der Waals surface area contributed by atoms with Gasteiger partial charge < -0.3 is 15.5 Å². The van der Waals surface area contributed by atoms with Gasteiger partial charge in [0.25, 0.3) is 5.56 Å². The molecule has 11 heteroatoms. The maximum Gasteiger partial charge on any atom is 0.302 e. The number of nitrogens with one attached hydrogen (secondary N) is 3. The van der Waals surface area contributed by atoms with E-state index in [2.05, 4.69) is 25.6 Å². The molecular formula is C31H26N8O3. The fraction of sp³-hybridized carbons (Fsp3) is 0.0968. The second-order valence-corrected chi connectivity index (χ2v) is 9.74. The van der Waals surface area contributed by atoms with Crippen molar-refractivity contribution in [1.29, 1.82) is 5.41 Å². The Balaban J connectivity index is 1.38. The van der Waals surface area contributed by atoms with Crippen LogP contribution in [0.5, 0.6) is 0 Å². The number of amides is 1. The van der Waals surface area contributed by atoms with Crippen molar-refractivity contribution in [3.8, 4) is 5.69 Å². The molecule has 0 saturated heterocycles. The minimum absolute atomic E-state index is 0.0598. The lowest BCUT2D eigenvalue weighted by Gasteiger charge is -2.18. The van der Waals surface area contributed by atoms with Gasteiger partial charge in [-0.2, -0.15) is 4.98 Å². The first kappa shape index (κ1) is 26.4. The number of hydrogen-bond donors (Lipinski definition) is 4. The average Bonchev–Trinajstić information content (AvgIpc) is 3.37. The van der Waals surface area contributed by atoms with Gasteiger partial charge in [0.05, 0.1) is 23.2 Å². The van der Waals surface area contributed by atoms with Gasteiger partial charge in [-0.25, -0.2) is 9.97 Å². The number of benzene rings is 3. The smallest absolute Gasteiger partial charge is 0.302 e. The highest BCUT2D eigenvalue weighted by atomic mass is 16.4. The molecule has 5 N–H and O–H groups in total. The van der Waals surface area contributed by atoms with Gasteiger partial charge in [-0.1, -0.05) is 42.5 Å². The monoisotopic (exact) mass is 558 g/mol. The predicted octanol–water partition coefficient (Wildman–Crippen LogP) is 4.80. The SMILES string of the molecule is CC(=O)Nc1nc2ccc(C(=N)c3c(N)ncnc3NCc3cc4cccc(C)c4c(=O)n3-c3ccccc3)cc2o1. The van der Waals surface area contributed by atoms with E-state index in [1.807, 2.05) is 61.5 Å². The number of carbonyl (C=O) groups excluding carboxylic acids is 1. The first-order valence-corrected chi connectivity index (χ1v) is 13.1. The first-order chi connectivity index (χ1) is 20.3.